The van der Waals surface area contributed by atoms with E-state index in [4.69, 9.17) is 5.73 Å². The quantitative estimate of drug-likeness (QED) is 0.736. The minimum absolute atomic E-state index is 0.00281. The first-order valence-corrected chi connectivity index (χ1v) is 9.87. The summed E-state index contributed by atoms with van der Waals surface area (Å²) in [6, 6.07) is 3.30. The largest absolute Gasteiger partial charge is 0.516 e. The second-order valence-corrected chi connectivity index (χ2v) is 7.94. The minimum atomic E-state index is -5.50. The lowest BCUT2D eigenvalue weighted by Gasteiger charge is -2.39. The summed E-state index contributed by atoms with van der Waals surface area (Å²) in [5.74, 6) is 0. The topological polar surface area (TPSA) is 75.4 Å². The van der Waals surface area contributed by atoms with Gasteiger partial charge >= 0.3 is 15.5 Å². The number of unbranched alkanes of at least 4 members (excludes halogenated alkanes) is 1. The van der Waals surface area contributed by atoms with E-state index in [2.05, 4.69) is 18.7 Å². The lowest BCUT2D eigenvalue weighted by molar-refractivity contribution is -0.0429. The highest BCUT2D eigenvalue weighted by molar-refractivity contribution is 7.93. The molecule has 142 valence electrons. The molecular formula is C16H24F3N3O2S. The maximum Gasteiger partial charge on any atom is 0.516 e. The van der Waals surface area contributed by atoms with Gasteiger partial charge in [-0.1, -0.05) is 20.3 Å². The van der Waals surface area contributed by atoms with E-state index < -0.39 is 15.5 Å². The van der Waals surface area contributed by atoms with Crippen LogP contribution in [0.15, 0.2) is 12.1 Å². The number of aryl methyl sites for hydroxylation is 1. The van der Waals surface area contributed by atoms with Gasteiger partial charge in [0.05, 0.1) is 11.4 Å². The highest BCUT2D eigenvalue weighted by atomic mass is 32.2. The van der Waals surface area contributed by atoms with E-state index >= 15 is 0 Å². The number of nitrogens with one attached hydrogen (secondary N) is 1. The Morgan fingerprint density at radius 1 is 1.32 bits per heavy atom. The highest BCUT2D eigenvalue weighted by Gasteiger charge is 2.46. The van der Waals surface area contributed by atoms with E-state index in [0.29, 0.717) is 0 Å². The smallest absolute Gasteiger partial charge is 0.397 e. The van der Waals surface area contributed by atoms with Gasteiger partial charge < -0.3 is 10.6 Å². The first-order chi connectivity index (χ1) is 11.6. The van der Waals surface area contributed by atoms with Crippen LogP contribution in [0, 0.1) is 0 Å². The number of rotatable bonds is 6. The predicted molar refractivity (Wildman–Crippen MR) is 94.1 cm³/mol. The predicted octanol–water partition coefficient (Wildman–Crippen LogP) is 3.86. The maximum absolute atomic E-state index is 12.6. The van der Waals surface area contributed by atoms with Gasteiger partial charge in [-0.25, -0.2) is 0 Å². The molecule has 1 heterocycles. The summed E-state index contributed by atoms with van der Waals surface area (Å²) in [7, 11) is -5.50. The summed E-state index contributed by atoms with van der Waals surface area (Å²) in [6.07, 6.45) is 4.57. The summed E-state index contributed by atoms with van der Waals surface area (Å²) >= 11 is 0. The zero-order valence-electron chi connectivity index (χ0n) is 14.4. The Hall–Kier alpha value is -1.64. The van der Waals surface area contributed by atoms with Crippen molar-refractivity contribution >= 4 is 27.1 Å². The maximum atomic E-state index is 12.6. The second-order valence-electron chi connectivity index (χ2n) is 6.27. The molecule has 0 aromatic heterocycles. The Morgan fingerprint density at radius 2 is 2.00 bits per heavy atom. The molecule has 1 aliphatic rings. The molecular weight excluding hydrogens is 355 g/mol. The van der Waals surface area contributed by atoms with E-state index in [9.17, 15) is 21.6 Å². The van der Waals surface area contributed by atoms with Gasteiger partial charge in [0.2, 0.25) is 0 Å². The molecule has 2 rings (SSSR count). The molecule has 0 spiro atoms. The molecule has 1 unspecified atom stereocenters. The van der Waals surface area contributed by atoms with Gasteiger partial charge in [-0.2, -0.15) is 21.6 Å². The average molecular weight is 379 g/mol. The molecule has 5 nitrogen and oxygen atoms in total. The number of halogens is 3. The number of fused-ring (bicyclic) bond motifs is 1. The van der Waals surface area contributed by atoms with Gasteiger partial charge in [0.1, 0.15) is 0 Å². The molecule has 0 saturated heterocycles. The lowest BCUT2D eigenvalue weighted by atomic mass is 9.93. The van der Waals surface area contributed by atoms with Crippen LogP contribution in [0.3, 0.4) is 0 Å². The average Bonchev–Trinajstić information content (AvgIpc) is 2.52. The van der Waals surface area contributed by atoms with E-state index in [0.717, 1.165) is 49.9 Å². The van der Waals surface area contributed by atoms with Crippen LogP contribution in [0.25, 0.3) is 0 Å². The monoisotopic (exact) mass is 379 g/mol. The number of nitrogen functional groups attached to an aromatic ring is 1. The Kier molecular flexibility index (Phi) is 5.75. The number of hydrogen-bond acceptors (Lipinski definition) is 4. The molecule has 0 aliphatic carbocycles. The van der Waals surface area contributed by atoms with Crippen molar-refractivity contribution in [3.05, 3.63) is 17.7 Å². The Bertz CT molecular complexity index is 720. The summed E-state index contributed by atoms with van der Waals surface area (Å²) in [6.45, 7) is 4.91. The molecule has 3 N–H and O–H groups in total. The Morgan fingerprint density at radius 3 is 2.56 bits per heavy atom. The summed E-state index contributed by atoms with van der Waals surface area (Å²) < 4.78 is 62.3. The van der Waals surface area contributed by atoms with Crippen LogP contribution in [-0.4, -0.2) is 26.5 Å². The molecule has 0 radical (unpaired) electrons. The fourth-order valence-electron chi connectivity index (χ4n) is 3.14. The van der Waals surface area contributed by atoms with Crippen molar-refractivity contribution in [1.29, 1.82) is 0 Å². The van der Waals surface area contributed by atoms with Gasteiger partial charge in [-0.3, -0.25) is 4.72 Å². The van der Waals surface area contributed by atoms with Gasteiger partial charge in [0, 0.05) is 18.3 Å². The molecule has 0 amide bonds. The Labute approximate surface area is 146 Å². The number of nitrogens with zero attached hydrogens (tertiary/aromatic N) is 1. The zero-order chi connectivity index (χ0) is 18.8. The molecule has 1 aromatic carbocycles. The van der Waals surface area contributed by atoms with Crippen molar-refractivity contribution in [3.8, 4) is 0 Å². The van der Waals surface area contributed by atoms with Crippen molar-refractivity contribution in [2.24, 2.45) is 0 Å². The molecule has 0 fully saturated rings. The van der Waals surface area contributed by atoms with Gasteiger partial charge in [0.15, 0.2) is 0 Å². The van der Waals surface area contributed by atoms with E-state index in [1.54, 1.807) is 10.8 Å². The molecule has 25 heavy (non-hydrogen) atoms. The molecule has 9 heteroatoms. The standard InChI is InChI=1S/C16H24F3N3O2S/c1-3-5-8-22-12(4-2)7-6-11-9-13(20)14(10-15(11)22)21-25(23,24)16(17,18)19/h9-10,12,21H,3-8,20H2,1-2H3. The number of benzene rings is 1. The fraction of sp³-hybridized carbons (Fsp3) is 0.625. The molecule has 0 bridgehead atoms. The van der Waals surface area contributed by atoms with Crippen LogP contribution in [0.1, 0.15) is 45.1 Å². The Balaban J connectivity index is 2.43. The van der Waals surface area contributed by atoms with Crippen LogP contribution in [0.5, 0.6) is 0 Å². The number of alkyl halides is 3. The zero-order valence-corrected chi connectivity index (χ0v) is 15.2. The van der Waals surface area contributed by atoms with E-state index in [1.165, 1.54) is 6.07 Å². The first-order valence-electron chi connectivity index (χ1n) is 8.38. The molecule has 1 atom stereocenters. The summed E-state index contributed by atoms with van der Waals surface area (Å²) in [4.78, 5) is 2.16. The number of hydrogen-bond donors (Lipinski definition) is 2. The van der Waals surface area contributed by atoms with Crippen molar-refractivity contribution in [3.63, 3.8) is 0 Å². The third-order valence-corrected chi connectivity index (χ3v) is 5.62. The van der Waals surface area contributed by atoms with Crippen LogP contribution < -0.4 is 15.4 Å². The molecule has 1 aliphatic heterocycles. The molecule has 0 saturated carbocycles. The van der Waals surface area contributed by atoms with Crippen LogP contribution in [0.2, 0.25) is 0 Å². The normalized spacial score (nSPS) is 18.1. The number of nitrogens with two attached hydrogens (primary N) is 1. The SMILES string of the molecule is CCCCN1c2cc(NS(=O)(=O)C(F)(F)F)c(N)cc2CCC1CC. The van der Waals surface area contributed by atoms with Crippen molar-refractivity contribution in [2.45, 2.75) is 57.5 Å². The van der Waals surface area contributed by atoms with Crippen molar-refractivity contribution in [1.82, 2.24) is 0 Å². The third-order valence-electron chi connectivity index (χ3n) is 4.52. The van der Waals surface area contributed by atoms with Crippen LogP contribution in [-0.2, 0) is 16.4 Å². The number of anilines is 3. The van der Waals surface area contributed by atoms with Crippen molar-refractivity contribution in [2.75, 3.05) is 21.9 Å². The summed E-state index contributed by atoms with van der Waals surface area (Å²) in [5.41, 5.74) is 1.88. The number of sulfonamides is 1. The van der Waals surface area contributed by atoms with Gasteiger partial charge in [-0.05, 0) is 43.4 Å². The fourth-order valence-corrected chi connectivity index (χ4v) is 3.72. The van der Waals surface area contributed by atoms with Gasteiger partial charge in [-0.15, -0.1) is 0 Å². The molecule has 1 aromatic rings. The third kappa shape index (κ3) is 4.13. The second kappa shape index (κ2) is 7.31. The van der Waals surface area contributed by atoms with Crippen molar-refractivity contribution < 1.29 is 21.6 Å². The highest BCUT2D eigenvalue weighted by Crippen LogP contribution is 2.38. The van der Waals surface area contributed by atoms with Crippen LogP contribution in [0.4, 0.5) is 30.2 Å². The van der Waals surface area contributed by atoms with Gasteiger partial charge in [0.25, 0.3) is 0 Å². The lowest BCUT2D eigenvalue weighted by Crippen LogP contribution is -2.40. The van der Waals surface area contributed by atoms with E-state index in [1.807, 2.05) is 0 Å². The minimum Gasteiger partial charge on any atom is -0.397 e. The summed E-state index contributed by atoms with van der Waals surface area (Å²) in [5, 5.41) is 0. The first kappa shape index (κ1) is 19.7. The van der Waals surface area contributed by atoms with Crippen LogP contribution >= 0.6 is 0 Å². The van der Waals surface area contributed by atoms with E-state index in [-0.39, 0.29) is 17.4 Å².